The molecule has 0 heterocycles. The maximum absolute atomic E-state index is 13.1. The second-order valence-corrected chi connectivity index (χ2v) is 5.09. The number of halogens is 2. The third-order valence-electron chi connectivity index (χ3n) is 1.55. The Bertz CT molecular complexity index is 350. The Morgan fingerprint density at radius 1 is 1.36 bits per heavy atom. The lowest BCUT2D eigenvalue weighted by Crippen LogP contribution is -2.16. The molecule has 0 aliphatic carbocycles. The van der Waals surface area contributed by atoms with Crippen molar-refractivity contribution in [3.05, 3.63) is 29.8 Å². The third-order valence-corrected chi connectivity index (χ3v) is 2.72. The number of rotatable bonds is 3. The molecule has 0 fully saturated rings. The molecule has 0 aromatic heterocycles. The van der Waals surface area contributed by atoms with Crippen molar-refractivity contribution >= 4 is 18.0 Å². The molecule has 0 aliphatic rings. The van der Waals surface area contributed by atoms with Gasteiger partial charge in [-0.3, -0.25) is 0 Å². The fraction of sp³-hybridized carbons (Fsp3) is 0.300. The van der Waals surface area contributed by atoms with Gasteiger partial charge in [-0.15, -0.1) is 11.8 Å². The summed E-state index contributed by atoms with van der Waals surface area (Å²) in [6.07, 6.45) is 0.737. The fourth-order valence-electron chi connectivity index (χ4n) is 0.865. The van der Waals surface area contributed by atoms with E-state index in [0.29, 0.717) is 0 Å². The van der Waals surface area contributed by atoms with E-state index in [-0.39, 0.29) is 4.90 Å². The van der Waals surface area contributed by atoms with Crippen LogP contribution in [0.3, 0.4) is 0 Å². The van der Waals surface area contributed by atoms with Crippen LogP contribution in [0, 0.1) is 11.6 Å². The Labute approximate surface area is 85.5 Å². The molecule has 1 aromatic carbocycles. The summed E-state index contributed by atoms with van der Waals surface area (Å²) < 4.78 is 25.0. The van der Waals surface area contributed by atoms with Crippen LogP contribution in [-0.4, -0.2) is 11.0 Å². The van der Waals surface area contributed by atoms with Crippen LogP contribution in [0.4, 0.5) is 8.78 Å². The summed E-state index contributed by atoms with van der Waals surface area (Å²) in [6.45, 7) is 3.35. The lowest BCUT2D eigenvalue weighted by atomic mass is 10.2. The highest BCUT2D eigenvalue weighted by molar-refractivity contribution is 8.01. The zero-order valence-electron chi connectivity index (χ0n) is 7.88. The summed E-state index contributed by atoms with van der Waals surface area (Å²) in [5, 5.41) is 0. The van der Waals surface area contributed by atoms with Gasteiger partial charge in [-0.25, -0.2) is 8.78 Å². The second-order valence-electron chi connectivity index (χ2n) is 3.40. The van der Waals surface area contributed by atoms with Crippen LogP contribution in [0.15, 0.2) is 23.1 Å². The first kappa shape index (κ1) is 11.2. The lowest BCUT2D eigenvalue weighted by Gasteiger charge is -2.16. The average Bonchev–Trinajstić information content (AvgIpc) is 2.10. The van der Waals surface area contributed by atoms with Gasteiger partial charge in [0, 0.05) is 11.0 Å². The standard InChI is InChI=1S/C10H10F2OS/c1-10(2,6-13)14-9-4-3-7(11)5-8(9)12/h3-6H,1-2H3. The monoisotopic (exact) mass is 216 g/mol. The minimum atomic E-state index is -0.696. The van der Waals surface area contributed by atoms with Crippen LogP contribution in [0.5, 0.6) is 0 Å². The van der Waals surface area contributed by atoms with Crippen molar-refractivity contribution in [3.63, 3.8) is 0 Å². The highest BCUT2D eigenvalue weighted by atomic mass is 32.2. The average molecular weight is 216 g/mol. The van der Waals surface area contributed by atoms with Crippen LogP contribution in [0.2, 0.25) is 0 Å². The van der Waals surface area contributed by atoms with Gasteiger partial charge < -0.3 is 4.79 Å². The van der Waals surface area contributed by atoms with Crippen molar-refractivity contribution in [2.45, 2.75) is 23.5 Å². The molecule has 0 unspecified atom stereocenters. The molecular weight excluding hydrogens is 206 g/mol. The summed E-state index contributed by atoms with van der Waals surface area (Å²) in [6, 6.07) is 3.32. The molecule has 1 nitrogen and oxygen atoms in total. The first-order valence-corrected chi connectivity index (χ1v) is 4.87. The fourth-order valence-corrected chi connectivity index (χ4v) is 1.77. The molecule has 76 valence electrons. The van der Waals surface area contributed by atoms with E-state index < -0.39 is 16.4 Å². The van der Waals surface area contributed by atoms with Crippen LogP contribution in [0.25, 0.3) is 0 Å². The molecular formula is C10H10F2OS. The molecule has 0 aliphatic heterocycles. The predicted molar refractivity (Wildman–Crippen MR) is 52.4 cm³/mol. The number of thioether (sulfide) groups is 1. The quantitative estimate of drug-likeness (QED) is 0.570. The lowest BCUT2D eigenvalue weighted by molar-refractivity contribution is -0.109. The molecule has 14 heavy (non-hydrogen) atoms. The Morgan fingerprint density at radius 3 is 2.50 bits per heavy atom. The van der Waals surface area contributed by atoms with E-state index in [1.807, 2.05) is 0 Å². The molecule has 0 radical (unpaired) electrons. The van der Waals surface area contributed by atoms with Gasteiger partial charge in [0.05, 0.1) is 4.75 Å². The van der Waals surface area contributed by atoms with Gasteiger partial charge in [-0.1, -0.05) is 0 Å². The molecule has 1 rings (SSSR count). The van der Waals surface area contributed by atoms with E-state index in [0.717, 1.165) is 24.1 Å². The van der Waals surface area contributed by atoms with Crippen molar-refractivity contribution in [3.8, 4) is 0 Å². The van der Waals surface area contributed by atoms with Gasteiger partial charge in [0.15, 0.2) is 0 Å². The van der Waals surface area contributed by atoms with Crippen molar-refractivity contribution in [2.24, 2.45) is 0 Å². The molecule has 0 spiro atoms. The minimum absolute atomic E-state index is 0.281. The Kier molecular flexibility index (Phi) is 3.26. The Hall–Kier alpha value is -0.900. The van der Waals surface area contributed by atoms with Crippen molar-refractivity contribution < 1.29 is 13.6 Å². The van der Waals surface area contributed by atoms with Crippen molar-refractivity contribution in [2.75, 3.05) is 0 Å². The van der Waals surface area contributed by atoms with Gasteiger partial charge >= 0.3 is 0 Å². The number of hydrogen-bond donors (Lipinski definition) is 0. The Morgan fingerprint density at radius 2 is 2.00 bits per heavy atom. The zero-order valence-corrected chi connectivity index (χ0v) is 8.70. The van der Waals surface area contributed by atoms with Gasteiger partial charge in [0.2, 0.25) is 0 Å². The van der Waals surface area contributed by atoms with Gasteiger partial charge in [0.25, 0.3) is 0 Å². The zero-order chi connectivity index (χ0) is 10.8. The first-order chi connectivity index (χ1) is 6.44. The third kappa shape index (κ3) is 2.80. The van der Waals surface area contributed by atoms with Gasteiger partial charge in [-0.2, -0.15) is 0 Å². The Balaban J connectivity index is 2.92. The van der Waals surface area contributed by atoms with E-state index >= 15 is 0 Å². The van der Waals surface area contributed by atoms with Crippen LogP contribution < -0.4 is 0 Å². The molecule has 0 saturated heterocycles. The van der Waals surface area contributed by atoms with E-state index in [4.69, 9.17) is 0 Å². The first-order valence-electron chi connectivity index (χ1n) is 4.05. The number of benzene rings is 1. The van der Waals surface area contributed by atoms with Crippen LogP contribution >= 0.6 is 11.8 Å². The summed E-state index contributed by atoms with van der Waals surface area (Å²) in [7, 11) is 0. The number of aldehydes is 1. The smallest absolute Gasteiger partial charge is 0.139 e. The molecule has 0 N–H and O–H groups in total. The van der Waals surface area contributed by atoms with E-state index in [2.05, 4.69) is 0 Å². The highest BCUT2D eigenvalue weighted by Crippen LogP contribution is 2.32. The molecule has 0 atom stereocenters. The van der Waals surface area contributed by atoms with E-state index in [9.17, 15) is 13.6 Å². The van der Waals surface area contributed by atoms with Crippen LogP contribution in [0.1, 0.15) is 13.8 Å². The van der Waals surface area contributed by atoms with E-state index in [1.165, 1.54) is 12.1 Å². The van der Waals surface area contributed by atoms with Crippen LogP contribution in [-0.2, 0) is 4.79 Å². The number of carbonyl (C=O) groups is 1. The summed E-state index contributed by atoms with van der Waals surface area (Å²) >= 11 is 1.07. The van der Waals surface area contributed by atoms with E-state index in [1.54, 1.807) is 13.8 Å². The SMILES string of the molecule is CC(C)(C=O)Sc1ccc(F)cc1F. The van der Waals surface area contributed by atoms with Crippen molar-refractivity contribution in [1.82, 2.24) is 0 Å². The minimum Gasteiger partial charge on any atom is -0.302 e. The van der Waals surface area contributed by atoms with Gasteiger partial charge in [0.1, 0.15) is 17.9 Å². The van der Waals surface area contributed by atoms with Crippen molar-refractivity contribution in [1.29, 1.82) is 0 Å². The highest BCUT2D eigenvalue weighted by Gasteiger charge is 2.20. The summed E-state index contributed by atoms with van der Waals surface area (Å²) in [4.78, 5) is 10.9. The largest absolute Gasteiger partial charge is 0.302 e. The maximum atomic E-state index is 13.1. The second kappa shape index (κ2) is 4.09. The topological polar surface area (TPSA) is 17.1 Å². The van der Waals surface area contributed by atoms with Gasteiger partial charge in [-0.05, 0) is 26.0 Å². The molecule has 0 bridgehead atoms. The normalized spacial score (nSPS) is 11.4. The maximum Gasteiger partial charge on any atom is 0.139 e. The molecule has 0 saturated carbocycles. The number of carbonyl (C=O) groups excluding carboxylic acids is 1. The molecule has 1 aromatic rings. The summed E-state index contributed by atoms with van der Waals surface area (Å²) in [5.41, 5.74) is 0. The predicted octanol–water partition coefficient (Wildman–Crippen LogP) is 3.03. The molecule has 0 amide bonds. The summed E-state index contributed by atoms with van der Waals surface area (Å²) in [5.74, 6) is -1.25. The number of hydrogen-bond acceptors (Lipinski definition) is 2. The molecule has 4 heteroatoms.